The van der Waals surface area contributed by atoms with Gasteiger partial charge in [0, 0.05) is 18.4 Å². The van der Waals surface area contributed by atoms with Crippen LogP contribution in [-0.2, 0) is 17.3 Å². The van der Waals surface area contributed by atoms with Crippen molar-refractivity contribution >= 4 is 17.6 Å². The third-order valence-corrected chi connectivity index (χ3v) is 3.88. The topological polar surface area (TPSA) is 84.2 Å². The van der Waals surface area contributed by atoms with Gasteiger partial charge in [-0.3, -0.25) is 14.3 Å². The van der Waals surface area contributed by atoms with Crippen LogP contribution in [0.5, 0.6) is 0 Å². The third-order valence-electron chi connectivity index (χ3n) is 3.88. The first-order valence-corrected chi connectivity index (χ1v) is 6.87. The van der Waals surface area contributed by atoms with E-state index >= 15 is 0 Å². The van der Waals surface area contributed by atoms with Crippen molar-refractivity contribution in [3.05, 3.63) is 47.3 Å². The smallest absolute Gasteiger partial charge is 0.313 e. The van der Waals surface area contributed by atoms with Gasteiger partial charge in [-0.15, -0.1) is 0 Å². The molecule has 0 saturated heterocycles. The summed E-state index contributed by atoms with van der Waals surface area (Å²) < 4.78 is 1.63. The molecule has 1 amide bonds. The van der Waals surface area contributed by atoms with Gasteiger partial charge < -0.3 is 10.4 Å². The predicted octanol–water partition coefficient (Wildman–Crippen LogP) is 2.34. The Morgan fingerprint density at radius 1 is 1.23 bits per heavy atom. The molecule has 0 spiro atoms. The number of carbonyl (C=O) groups excluding carboxylic acids is 1. The molecule has 1 aromatic heterocycles. The Kier molecular flexibility index (Phi) is 4.03. The highest BCUT2D eigenvalue weighted by Gasteiger charge is 2.29. The number of anilines is 1. The summed E-state index contributed by atoms with van der Waals surface area (Å²) in [6.07, 6.45) is 1.52. The Hall–Kier alpha value is -2.63. The fourth-order valence-electron chi connectivity index (χ4n) is 2.01. The van der Waals surface area contributed by atoms with Gasteiger partial charge in [0.25, 0.3) is 5.91 Å². The van der Waals surface area contributed by atoms with Crippen LogP contribution in [-0.4, -0.2) is 26.8 Å². The maximum atomic E-state index is 12.2. The van der Waals surface area contributed by atoms with E-state index in [9.17, 15) is 14.7 Å². The van der Waals surface area contributed by atoms with E-state index in [-0.39, 0.29) is 5.91 Å². The number of carboxylic acid groups (broad SMARTS) is 1. The summed E-state index contributed by atoms with van der Waals surface area (Å²) in [5.74, 6) is -1.13. The van der Waals surface area contributed by atoms with Crippen LogP contribution < -0.4 is 5.32 Å². The Balaban J connectivity index is 2.17. The average molecular weight is 301 g/mol. The highest BCUT2D eigenvalue weighted by molar-refractivity contribution is 6.04. The molecule has 0 saturated carbocycles. The minimum Gasteiger partial charge on any atom is -0.481 e. The van der Waals surface area contributed by atoms with Crippen molar-refractivity contribution in [2.24, 2.45) is 7.05 Å². The van der Waals surface area contributed by atoms with Crippen LogP contribution in [0.2, 0.25) is 0 Å². The van der Waals surface area contributed by atoms with E-state index in [1.165, 1.54) is 6.20 Å². The monoisotopic (exact) mass is 301 g/mol. The zero-order valence-corrected chi connectivity index (χ0v) is 13.0. The second-order valence-corrected chi connectivity index (χ2v) is 5.73. The van der Waals surface area contributed by atoms with Gasteiger partial charge in [-0.1, -0.05) is 12.1 Å². The molecule has 0 radical (unpaired) electrons. The van der Waals surface area contributed by atoms with E-state index in [1.807, 2.05) is 6.92 Å². The van der Waals surface area contributed by atoms with Crippen LogP contribution in [0.3, 0.4) is 0 Å². The molecule has 1 heterocycles. The molecule has 0 bridgehead atoms. The van der Waals surface area contributed by atoms with Gasteiger partial charge in [-0.05, 0) is 38.5 Å². The largest absolute Gasteiger partial charge is 0.481 e. The number of carbonyl (C=O) groups is 2. The van der Waals surface area contributed by atoms with Crippen molar-refractivity contribution in [2.75, 3.05) is 5.32 Å². The number of carboxylic acids is 1. The van der Waals surface area contributed by atoms with Crippen LogP contribution in [0.15, 0.2) is 30.5 Å². The van der Waals surface area contributed by atoms with E-state index < -0.39 is 11.4 Å². The van der Waals surface area contributed by atoms with Gasteiger partial charge in [0.15, 0.2) is 0 Å². The first-order chi connectivity index (χ1) is 10.2. The van der Waals surface area contributed by atoms with Crippen LogP contribution in [0.1, 0.15) is 35.5 Å². The van der Waals surface area contributed by atoms with E-state index in [0.29, 0.717) is 16.8 Å². The number of nitrogens with one attached hydrogen (secondary N) is 1. The number of rotatable bonds is 4. The number of nitrogens with zero attached hydrogens (tertiary/aromatic N) is 2. The van der Waals surface area contributed by atoms with Crippen molar-refractivity contribution < 1.29 is 14.7 Å². The van der Waals surface area contributed by atoms with Gasteiger partial charge in [-0.2, -0.15) is 5.10 Å². The van der Waals surface area contributed by atoms with Crippen LogP contribution in [0.4, 0.5) is 5.69 Å². The average Bonchev–Trinajstić information content (AvgIpc) is 2.79. The van der Waals surface area contributed by atoms with Crippen molar-refractivity contribution in [1.82, 2.24) is 9.78 Å². The first kappa shape index (κ1) is 15.8. The normalized spacial score (nSPS) is 11.3. The number of amides is 1. The predicted molar refractivity (Wildman–Crippen MR) is 83.0 cm³/mol. The number of hydrogen-bond acceptors (Lipinski definition) is 3. The zero-order valence-electron chi connectivity index (χ0n) is 13.0. The number of aromatic nitrogens is 2. The van der Waals surface area contributed by atoms with E-state index in [4.69, 9.17) is 0 Å². The molecule has 6 heteroatoms. The molecule has 0 aliphatic heterocycles. The lowest BCUT2D eigenvalue weighted by Crippen LogP contribution is -2.28. The van der Waals surface area contributed by atoms with E-state index in [1.54, 1.807) is 49.8 Å². The van der Waals surface area contributed by atoms with Gasteiger partial charge >= 0.3 is 5.97 Å². The molecule has 0 aliphatic carbocycles. The molecule has 22 heavy (non-hydrogen) atoms. The van der Waals surface area contributed by atoms with Crippen molar-refractivity contribution in [3.8, 4) is 0 Å². The number of aryl methyl sites for hydroxylation is 1. The Morgan fingerprint density at radius 3 is 2.27 bits per heavy atom. The lowest BCUT2D eigenvalue weighted by Gasteiger charge is -2.19. The Bertz CT molecular complexity index is 715. The molecule has 2 rings (SSSR count). The quantitative estimate of drug-likeness (QED) is 0.908. The number of benzene rings is 1. The summed E-state index contributed by atoms with van der Waals surface area (Å²) in [5, 5.41) is 16.0. The SMILES string of the molecule is Cc1c(C(=O)Nc2ccc(C(C)(C)C(=O)O)cc2)cnn1C. The van der Waals surface area contributed by atoms with Crippen molar-refractivity contribution in [1.29, 1.82) is 0 Å². The summed E-state index contributed by atoms with van der Waals surface area (Å²) in [7, 11) is 1.77. The fourth-order valence-corrected chi connectivity index (χ4v) is 2.01. The highest BCUT2D eigenvalue weighted by atomic mass is 16.4. The molecule has 116 valence electrons. The molecular formula is C16H19N3O3. The lowest BCUT2D eigenvalue weighted by molar-refractivity contribution is -0.142. The van der Waals surface area contributed by atoms with Crippen molar-refractivity contribution in [2.45, 2.75) is 26.2 Å². The number of aliphatic carboxylic acids is 1. The van der Waals surface area contributed by atoms with Gasteiger partial charge in [0.05, 0.1) is 17.2 Å². The second kappa shape index (κ2) is 5.63. The molecule has 0 aliphatic rings. The molecule has 2 N–H and O–H groups in total. The van der Waals surface area contributed by atoms with Crippen molar-refractivity contribution in [3.63, 3.8) is 0 Å². The minimum absolute atomic E-state index is 0.240. The highest BCUT2D eigenvalue weighted by Crippen LogP contribution is 2.25. The summed E-state index contributed by atoms with van der Waals surface area (Å²) >= 11 is 0. The maximum Gasteiger partial charge on any atom is 0.313 e. The second-order valence-electron chi connectivity index (χ2n) is 5.73. The van der Waals surface area contributed by atoms with Crippen LogP contribution in [0.25, 0.3) is 0 Å². The molecule has 1 aromatic carbocycles. The zero-order chi connectivity index (χ0) is 16.5. The summed E-state index contributed by atoms with van der Waals surface area (Å²) in [5.41, 5.74) is 1.61. The van der Waals surface area contributed by atoms with Crippen LogP contribution in [0, 0.1) is 6.92 Å². The number of hydrogen-bond donors (Lipinski definition) is 2. The first-order valence-electron chi connectivity index (χ1n) is 6.87. The molecular weight excluding hydrogens is 282 g/mol. The minimum atomic E-state index is -0.970. The van der Waals surface area contributed by atoms with Gasteiger partial charge in [0.1, 0.15) is 0 Å². The van der Waals surface area contributed by atoms with E-state index in [0.717, 1.165) is 5.69 Å². The molecule has 6 nitrogen and oxygen atoms in total. The maximum absolute atomic E-state index is 12.2. The van der Waals surface area contributed by atoms with Gasteiger partial charge in [0.2, 0.25) is 0 Å². The molecule has 0 fully saturated rings. The standard InChI is InChI=1S/C16H19N3O3/c1-10-13(9-17-19(10)4)14(20)18-12-7-5-11(6-8-12)16(2,3)15(21)22/h5-9H,1-4H3,(H,18,20)(H,21,22). The Labute approximate surface area is 128 Å². The molecule has 0 atom stereocenters. The van der Waals surface area contributed by atoms with Gasteiger partial charge in [-0.25, -0.2) is 0 Å². The molecule has 2 aromatic rings. The Morgan fingerprint density at radius 2 is 1.82 bits per heavy atom. The lowest BCUT2D eigenvalue weighted by atomic mass is 9.85. The summed E-state index contributed by atoms with van der Waals surface area (Å²) in [6.45, 7) is 5.10. The van der Waals surface area contributed by atoms with Crippen LogP contribution >= 0.6 is 0 Å². The third kappa shape index (κ3) is 2.86. The summed E-state index contributed by atoms with van der Waals surface area (Å²) in [4.78, 5) is 23.4. The van der Waals surface area contributed by atoms with E-state index in [2.05, 4.69) is 10.4 Å². The molecule has 0 unspecified atom stereocenters. The fraction of sp³-hybridized carbons (Fsp3) is 0.312. The summed E-state index contributed by atoms with van der Waals surface area (Å²) in [6, 6.07) is 6.81.